The summed E-state index contributed by atoms with van der Waals surface area (Å²) in [6.07, 6.45) is 2.38. The molecule has 0 saturated heterocycles. The second-order valence-electron chi connectivity index (χ2n) is 7.19. The minimum Gasteiger partial charge on any atom is -0.312 e. The number of unbranched alkanes of at least 4 members (excludes halogenated alkanes) is 1. The zero-order chi connectivity index (χ0) is 17.0. The summed E-state index contributed by atoms with van der Waals surface area (Å²) in [7, 11) is 0. The molecule has 0 radical (unpaired) electrons. The molecule has 1 aliphatic rings. The summed E-state index contributed by atoms with van der Waals surface area (Å²) in [5, 5.41) is 3.57. The Morgan fingerprint density at radius 3 is 2.25 bits per heavy atom. The largest absolute Gasteiger partial charge is 0.312 e. The van der Waals surface area contributed by atoms with Gasteiger partial charge in [0.15, 0.2) is 0 Å². The summed E-state index contributed by atoms with van der Waals surface area (Å²) < 4.78 is 4.74. The number of rotatable bonds is 6. The first kappa shape index (κ1) is 17.2. The smallest absolute Gasteiger partial charge is 0.0784 e. The molecule has 1 heterocycles. The lowest BCUT2D eigenvalue weighted by Crippen LogP contribution is -2.36. The van der Waals surface area contributed by atoms with Gasteiger partial charge in [-0.15, -0.1) is 0 Å². The van der Waals surface area contributed by atoms with Gasteiger partial charge in [-0.1, -0.05) is 30.3 Å². The van der Waals surface area contributed by atoms with Crippen molar-refractivity contribution in [3.05, 3.63) is 54.6 Å². The lowest BCUT2D eigenvalue weighted by molar-refractivity contribution is 0.420. The average Bonchev–Trinajstić information content (AvgIpc) is 2.93. The molecule has 0 unspecified atom stereocenters. The van der Waals surface area contributed by atoms with Gasteiger partial charge < -0.3 is 5.32 Å². The highest BCUT2D eigenvalue weighted by molar-refractivity contribution is 8.02. The van der Waals surface area contributed by atoms with Crippen LogP contribution in [0.2, 0.25) is 0 Å². The summed E-state index contributed by atoms with van der Waals surface area (Å²) in [5.74, 6) is 0. The molecule has 1 aliphatic heterocycles. The first-order chi connectivity index (χ1) is 11.5. The van der Waals surface area contributed by atoms with Gasteiger partial charge in [0.25, 0.3) is 0 Å². The summed E-state index contributed by atoms with van der Waals surface area (Å²) in [6.45, 7) is 8.80. The molecule has 0 saturated carbocycles. The minimum absolute atomic E-state index is 0.207. The summed E-state index contributed by atoms with van der Waals surface area (Å²) in [6, 6.07) is 19.3. The Labute approximate surface area is 150 Å². The molecule has 3 nitrogen and oxygen atoms in total. The third-order valence-electron chi connectivity index (χ3n) is 3.98. The zero-order valence-electron chi connectivity index (χ0n) is 14.8. The molecule has 0 fully saturated rings. The molecule has 0 aliphatic carbocycles. The van der Waals surface area contributed by atoms with Crippen LogP contribution < -0.4 is 13.9 Å². The van der Waals surface area contributed by atoms with Crippen molar-refractivity contribution in [2.24, 2.45) is 0 Å². The van der Waals surface area contributed by atoms with Crippen molar-refractivity contribution in [1.29, 1.82) is 0 Å². The highest BCUT2D eigenvalue weighted by atomic mass is 32.2. The van der Waals surface area contributed by atoms with Crippen LogP contribution in [0.4, 0.5) is 17.1 Å². The highest BCUT2D eigenvalue weighted by Gasteiger charge is 2.27. The van der Waals surface area contributed by atoms with Crippen LogP contribution in [-0.2, 0) is 0 Å². The van der Waals surface area contributed by atoms with E-state index in [2.05, 4.69) is 89.3 Å². The van der Waals surface area contributed by atoms with Gasteiger partial charge in [-0.2, -0.15) is 0 Å². The number of anilines is 3. The number of hydrogen-bond acceptors (Lipinski definition) is 4. The van der Waals surface area contributed by atoms with Crippen molar-refractivity contribution in [1.82, 2.24) is 5.32 Å². The molecule has 0 amide bonds. The van der Waals surface area contributed by atoms with E-state index < -0.39 is 0 Å². The van der Waals surface area contributed by atoms with Crippen molar-refractivity contribution < 1.29 is 0 Å². The minimum atomic E-state index is 0.207. The molecule has 1 N–H and O–H groups in total. The Balaban J connectivity index is 1.62. The molecule has 0 aromatic heterocycles. The highest BCUT2D eigenvalue weighted by Crippen LogP contribution is 2.48. The fourth-order valence-electron chi connectivity index (χ4n) is 2.79. The molecule has 0 bridgehead atoms. The van der Waals surface area contributed by atoms with E-state index in [9.17, 15) is 0 Å². The van der Waals surface area contributed by atoms with E-state index in [4.69, 9.17) is 0 Å². The maximum absolute atomic E-state index is 3.57. The van der Waals surface area contributed by atoms with Crippen LogP contribution >= 0.6 is 12.1 Å². The molecular weight excluding hydrogens is 314 g/mol. The van der Waals surface area contributed by atoms with E-state index >= 15 is 0 Å². The first-order valence-corrected chi connectivity index (χ1v) is 9.42. The number of para-hydroxylation sites is 3. The number of nitrogens with one attached hydrogen (secondary N) is 1. The predicted molar refractivity (Wildman–Crippen MR) is 107 cm³/mol. The standard InChI is InChI=1S/C20H27N3S/c1-20(2,3)21-15-9-10-16-22-18-13-7-8-14-19(18)23(24-22)17-11-5-4-6-12-17/h4-8,11-14,21H,9-10,15-16H2,1-3H3. The molecule has 0 spiro atoms. The number of fused-ring (bicyclic) bond motifs is 1. The second kappa shape index (κ2) is 7.49. The van der Waals surface area contributed by atoms with Crippen LogP contribution in [0.15, 0.2) is 54.6 Å². The van der Waals surface area contributed by atoms with Crippen LogP contribution in [0.1, 0.15) is 33.6 Å². The van der Waals surface area contributed by atoms with Crippen molar-refractivity contribution in [2.75, 3.05) is 21.7 Å². The summed E-state index contributed by atoms with van der Waals surface area (Å²) in [5.41, 5.74) is 4.03. The molecular formula is C20H27N3S. The van der Waals surface area contributed by atoms with Crippen LogP contribution in [-0.4, -0.2) is 18.6 Å². The molecule has 24 heavy (non-hydrogen) atoms. The van der Waals surface area contributed by atoms with Gasteiger partial charge in [-0.3, -0.25) is 8.61 Å². The Kier molecular flexibility index (Phi) is 5.36. The van der Waals surface area contributed by atoms with Gasteiger partial charge in [-0.25, -0.2) is 0 Å². The van der Waals surface area contributed by atoms with Gasteiger partial charge in [-0.05, 0) is 64.4 Å². The monoisotopic (exact) mass is 341 g/mol. The number of hydrogen-bond donors (Lipinski definition) is 1. The number of benzene rings is 2. The van der Waals surface area contributed by atoms with E-state index in [-0.39, 0.29) is 5.54 Å². The van der Waals surface area contributed by atoms with Crippen molar-refractivity contribution in [3.8, 4) is 0 Å². The van der Waals surface area contributed by atoms with Gasteiger partial charge >= 0.3 is 0 Å². The van der Waals surface area contributed by atoms with Crippen LogP contribution in [0.3, 0.4) is 0 Å². The van der Waals surface area contributed by atoms with Crippen LogP contribution in [0.25, 0.3) is 0 Å². The van der Waals surface area contributed by atoms with E-state index in [0.717, 1.165) is 13.1 Å². The fraction of sp³-hybridized carbons (Fsp3) is 0.400. The first-order valence-electron chi connectivity index (χ1n) is 8.69. The molecule has 0 atom stereocenters. The summed E-state index contributed by atoms with van der Waals surface area (Å²) >= 11 is 1.80. The molecule has 128 valence electrons. The topological polar surface area (TPSA) is 18.5 Å². The maximum atomic E-state index is 3.57. The quantitative estimate of drug-likeness (QED) is 0.561. The Hall–Kier alpha value is -1.65. The van der Waals surface area contributed by atoms with E-state index in [1.807, 2.05) is 0 Å². The summed E-state index contributed by atoms with van der Waals surface area (Å²) in [4.78, 5) is 0. The second-order valence-corrected chi connectivity index (χ2v) is 8.16. The van der Waals surface area contributed by atoms with Crippen molar-refractivity contribution >= 4 is 29.2 Å². The third kappa shape index (κ3) is 4.25. The van der Waals surface area contributed by atoms with Crippen molar-refractivity contribution in [2.45, 2.75) is 39.2 Å². The van der Waals surface area contributed by atoms with E-state index in [1.165, 1.54) is 29.9 Å². The van der Waals surface area contributed by atoms with Crippen LogP contribution in [0, 0.1) is 0 Å². The molecule has 4 heteroatoms. The normalized spacial score (nSPS) is 14.1. The molecule has 3 rings (SSSR count). The van der Waals surface area contributed by atoms with Gasteiger partial charge in [0.05, 0.1) is 29.2 Å². The van der Waals surface area contributed by atoms with Crippen LogP contribution in [0.5, 0.6) is 0 Å². The van der Waals surface area contributed by atoms with Gasteiger partial charge in [0.1, 0.15) is 0 Å². The maximum Gasteiger partial charge on any atom is 0.0784 e. The van der Waals surface area contributed by atoms with Crippen molar-refractivity contribution in [3.63, 3.8) is 0 Å². The predicted octanol–water partition coefficient (Wildman–Crippen LogP) is 5.38. The lowest BCUT2D eigenvalue weighted by Gasteiger charge is -2.22. The zero-order valence-corrected chi connectivity index (χ0v) is 15.6. The average molecular weight is 342 g/mol. The number of nitrogens with zero attached hydrogens (tertiary/aromatic N) is 2. The Bertz CT molecular complexity index is 651. The fourth-order valence-corrected chi connectivity index (χ4v) is 3.90. The van der Waals surface area contributed by atoms with E-state index in [1.54, 1.807) is 12.1 Å². The van der Waals surface area contributed by atoms with E-state index in [0.29, 0.717) is 0 Å². The van der Waals surface area contributed by atoms with Gasteiger partial charge in [0.2, 0.25) is 0 Å². The third-order valence-corrected chi connectivity index (χ3v) is 5.13. The molecule has 2 aromatic carbocycles. The molecule has 2 aromatic rings. The van der Waals surface area contributed by atoms with Gasteiger partial charge in [0, 0.05) is 12.1 Å². The SMILES string of the molecule is CC(C)(C)NCCCCN1SN(c2ccccc2)c2ccccc21. The lowest BCUT2D eigenvalue weighted by atomic mass is 10.1. The Morgan fingerprint density at radius 1 is 0.875 bits per heavy atom. The Morgan fingerprint density at radius 2 is 1.54 bits per heavy atom.